The Balaban J connectivity index is 0.00000196. The standard InChI is InChI=1S/C19H23N3O3S.2ClH/c1-26(24,25)19(8-11-20-12-9-19)18(23)22-13-15-4-6-16(7-5-15)17-3-2-10-21-14-17;;/h2-7,10,14,20H,8-9,11-13H2,1H3,(H,22,23);2*1H. The van der Waals surface area contributed by atoms with E-state index in [0.717, 1.165) is 22.9 Å². The predicted molar refractivity (Wildman–Crippen MR) is 116 cm³/mol. The highest BCUT2D eigenvalue weighted by atomic mass is 35.5. The highest BCUT2D eigenvalue weighted by Crippen LogP contribution is 2.28. The lowest BCUT2D eigenvalue weighted by Crippen LogP contribution is -2.57. The van der Waals surface area contributed by atoms with Crippen molar-refractivity contribution >= 4 is 40.6 Å². The fourth-order valence-corrected chi connectivity index (χ4v) is 4.64. The molecule has 0 bridgehead atoms. The minimum absolute atomic E-state index is 0. The number of nitrogens with zero attached hydrogens (tertiary/aromatic N) is 1. The average Bonchev–Trinajstić information content (AvgIpc) is 2.67. The fourth-order valence-electron chi connectivity index (χ4n) is 3.29. The molecule has 2 heterocycles. The Kier molecular flexibility index (Phi) is 8.88. The third-order valence-corrected chi connectivity index (χ3v) is 6.95. The zero-order valence-corrected chi connectivity index (χ0v) is 18.0. The van der Waals surface area contributed by atoms with Crippen molar-refractivity contribution in [3.63, 3.8) is 0 Å². The first-order chi connectivity index (χ1) is 12.4. The summed E-state index contributed by atoms with van der Waals surface area (Å²) in [5.74, 6) is -0.405. The summed E-state index contributed by atoms with van der Waals surface area (Å²) in [5.41, 5.74) is 2.98. The molecular formula is C19H25Cl2N3O3S. The van der Waals surface area contributed by atoms with Gasteiger partial charge in [0.1, 0.15) is 0 Å². The molecule has 0 spiro atoms. The number of hydrogen-bond donors (Lipinski definition) is 2. The number of benzene rings is 1. The molecule has 1 aromatic heterocycles. The van der Waals surface area contributed by atoms with Gasteiger partial charge >= 0.3 is 0 Å². The van der Waals surface area contributed by atoms with Gasteiger partial charge in [0, 0.05) is 25.2 Å². The zero-order valence-electron chi connectivity index (χ0n) is 15.6. The molecule has 0 radical (unpaired) electrons. The molecule has 0 saturated carbocycles. The van der Waals surface area contributed by atoms with Crippen LogP contribution in [0.15, 0.2) is 48.8 Å². The number of carbonyl (C=O) groups excluding carboxylic acids is 1. The maximum atomic E-state index is 12.7. The van der Waals surface area contributed by atoms with Crippen LogP contribution in [0.2, 0.25) is 0 Å². The lowest BCUT2D eigenvalue weighted by Gasteiger charge is -2.34. The molecule has 0 aliphatic carbocycles. The van der Waals surface area contributed by atoms with Crippen molar-refractivity contribution < 1.29 is 13.2 Å². The number of hydrogen-bond acceptors (Lipinski definition) is 5. The summed E-state index contributed by atoms with van der Waals surface area (Å²) < 4.78 is 23.2. The summed E-state index contributed by atoms with van der Waals surface area (Å²) in [6, 6.07) is 11.7. The Morgan fingerprint density at radius 1 is 1.11 bits per heavy atom. The number of aromatic nitrogens is 1. The van der Waals surface area contributed by atoms with Gasteiger partial charge in [0.2, 0.25) is 5.91 Å². The lowest BCUT2D eigenvalue weighted by molar-refractivity contribution is -0.124. The maximum absolute atomic E-state index is 12.7. The van der Waals surface area contributed by atoms with Crippen LogP contribution in [0, 0.1) is 0 Å². The smallest absolute Gasteiger partial charge is 0.241 e. The van der Waals surface area contributed by atoms with Crippen LogP contribution in [-0.4, -0.2) is 43.4 Å². The molecule has 2 aromatic rings. The molecule has 1 aliphatic rings. The number of sulfone groups is 1. The van der Waals surface area contributed by atoms with Crippen LogP contribution in [0.3, 0.4) is 0 Å². The Bertz CT molecular complexity index is 869. The fraction of sp³-hybridized carbons (Fsp3) is 0.368. The van der Waals surface area contributed by atoms with Gasteiger partial charge in [-0.05, 0) is 48.7 Å². The summed E-state index contributed by atoms with van der Waals surface area (Å²) in [4.78, 5) is 16.8. The normalized spacial score (nSPS) is 15.6. The van der Waals surface area contributed by atoms with Crippen LogP contribution >= 0.6 is 24.8 Å². The average molecular weight is 446 g/mol. The van der Waals surface area contributed by atoms with Crippen molar-refractivity contribution in [2.24, 2.45) is 0 Å². The molecule has 154 valence electrons. The number of amides is 1. The summed E-state index contributed by atoms with van der Waals surface area (Å²) in [5, 5.41) is 5.93. The summed E-state index contributed by atoms with van der Waals surface area (Å²) in [7, 11) is -3.49. The second-order valence-corrected chi connectivity index (χ2v) is 8.96. The molecule has 0 unspecified atom stereocenters. The molecule has 1 aromatic carbocycles. The van der Waals surface area contributed by atoms with E-state index in [-0.39, 0.29) is 24.8 Å². The molecule has 9 heteroatoms. The predicted octanol–water partition coefficient (Wildman–Crippen LogP) is 2.38. The van der Waals surface area contributed by atoms with Gasteiger partial charge in [-0.25, -0.2) is 8.42 Å². The number of nitrogens with one attached hydrogen (secondary N) is 2. The van der Waals surface area contributed by atoms with Gasteiger partial charge in [-0.1, -0.05) is 30.3 Å². The Hall–Kier alpha value is -1.67. The highest BCUT2D eigenvalue weighted by Gasteiger charge is 2.48. The quantitative estimate of drug-likeness (QED) is 0.737. The van der Waals surface area contributed by atoms with Crippen molar-refractivity contribution in [2.45, 2.75) is 24.1 Å². The number of piperidine rings is 1. The molecular weight excluding hydrogens is 421 g/mol. The number of carbonyl (C=O) groups is 1. The van der Waals surface area contributed by atoms with E-state index in [1.807, 2.05) is 36.4 Å². The maximum Gasteiger partial charge on any atom is 0.241 e. The Labute approximate surface area is 178 Å². The van der Waals surface area contributed by atoms with Crippen molar-refractivity contribution in [2.75, 3.05) is 19.3 Å². The van der Waals surface area contributed by atoms with E-state index in [1.54, 1.807) is 12.4 Å². The molecule has 1 amide bonds. The number of rotatable bonds is 5. The first kappa shape index (κ1) is 24.4. The molecule has 6 nitrogen and oxygen atoms in total. The van der Waals surface area contributed by atoms with Gasteiger partial charge < -0.3 is 10.6 Å². The van der Waals surface area contributed by atoms with E-state index in [2.05, 4.69) is 15.6 Å². The molecule has 1 aliphatic heterocycles. The van der Waals surface area contributed by atoms with Gasteiger partial charge in [0.25, 0.3) is 0 Å². The molecule has 0 atom stereocenters. The van der Waals surface area contributed by atoms with E-state index in [0.29, 0.717) is 32.5 Å². The SMILES string of the molecule is CS(=O)(=O)C1(C(=O)NCc2ccc(-c3cccnc3)cc2)CCNCC1.Cl.Cl. The first-order valence-corrected chi connectivity index (χ1v) is 10.5. The third-order valence-electron chi connectivity index (χ3n) is 4.94. The van der Waals surface area contributed by atoms with Crippen LogP contribution in [0.5, 0.6) is 0 Å². The summed E-state index contributed by atoms with van der Waals surface area (Å²) in [6.07, 6.45) is 5.28. The minimum Gasteiger partial charge on any atom is -0.351 e. The van der Waals surface area contributed by atoms with E-state index in [1.165, 1.54) is 0 Å². The monoisotopic (exact) mass is 445 g/mol. The second-order valence-electron chi connectivity index (χ2n) is 6.64. The third kappa shape index (κ3) is 5.23. The molecule has 1 saturated heterocycles. The molecule has 3 rings (SSSR count). The van der Waals surface area contributed by atoms with E-state index >= 15 is 0 Å². The Morgan fingerprint density at radius 2 is 1.75 bits per heavy atom. The van der Waals surface area contributed by atoms with Crippen molar-refractivity contribution in [1.29, 1.82) is 0 Å². The van der Waals surface area contributed by atoms with Crippen molar-refractivity contribution in [3.05, 3.63) is 54.4 Å². The van der Waals surface area contributed by atoms with E-state index in [4.69, 9.17) is 0 Å². The van der Waals surface area contributed by atoms with Gasteiger partial charge in [-0.3, -0.25) is 9.78 Å². The van der Waals surface area contributed by atoms with Crippen molar-refractivity contribution in [1.82, 2.24) is 15.6 Å². The summed E-state index contributed by atoms with van der Waals surface area (Å²) >= 11 is 0. The van der Waals surface area contributed by atoms with Crippen LogP contribution < -0.4 is 10.6 Å². The van der Waals surface area contributed by atoms with Crippen molar-refractivity contribution in [3.8, 4) is 11.1 Å². The second kappa shape index (κ2) is 10.2. The van der Waals surface area contributed by atoms with Gasteiger partial charge in [-0.2, -0.15) is 0 Å². The van der Waals surface area contributed by atoms with Crippen LogP contribution in [0.1, 0.15) is 18.4 Å². The largest absolute Gasteiger partial charge is 0.351 e. The zero-order chi connectivity index (χ0) is 18.6. The topological polar surface area (TPSA) is 88.2 Å². The van der Waals surface area contributed by atoms with Gasteiger partial charge in [0.15, 0.2) is 14.6 Å². The first-order valence-electron chi connectivity index (χ1n) is 8.60. The van der Waals surface area contributed by atoms with E-state index in [9.17, 15) is 13.2 Å². The highest BCUT2D eigenvalue weighted by molar-refractivity contribution is 7.92. The minimum atomic E-state index is -3.49. The molecule has 28 heavy (non-hydrogen) atoms. The summed E-state index contributed by atoms with van der Waals surface area (Å²) in [6.45, 7) is 1.36. The lowest BCUT2D eigenvalue weighted by atomic mass is 9.95. The number of halogens is 2. The van der Waals surface area contributed by atoms with Gasteiger partial charge in [0.05, 0.1) is 0 Å². The molecule has 1 fully saturated rings. The molecule has 2 N–H and O–H groups in total. The van der Waals surface area contributed by atoms with Crippen LogP contribution in [-0.2, 0) is 21.2 Å². The number of pyridine rings is 1. The van der Waals surface area contributed by atoms with Crippen LogP contribution in [0.4, 0.5) is 0 Å². The van der Waals surface area contributed by atoms with Crippen LogP contribution in [0.25, 0.3) is 11.1 Å². The van der Waals surface area contributed by atoms with E-state index < -0.39 is 20.5 Å². The van der Waals surface area contributed by atoms with Gasteiger partial charge in [-0.15, -0.1) is 24.8 Å². The Morgan fingerprint density at radius 3 is 2.29 bits per heavy atom.